The largest absolute Gasteiger partial charge is 0.449 e. The quantitative estimate of drug-likeness (QED) is 0.0808. The lowest BCUT2D eigenvalue weighted by molar-refractivity contribution is -0.206. The van der Waals surface area contributed by atoms with Gasteiger partial charge in [-0.2, -0.15) is 13.2 Å². The summed E-state index contributed by atoms with van der Waals surface area (Å²) >= 11 is 0. The lowest BCUT2D eigenvalue weighted by Gasteiger charge is -2.20. The first-order valence-electron chi connectivity index (χ1n) is 15.7. The average Bonchev–Trinajstić information content (AvgIpc) is 3.02. The molecule has 0 aliphatic carbocycles. The van der Waals surface area contributed by atoms with Crippen molar-refractivity contribution in [3.8, 4) is 17.1 Å². The number of esters is 2. The Balaban J connectivity index is 1.49. The number of halogens is 3. The molecule has 3 rings (SSSR count). The fraction of sp³-hybridized carbons (Fsp3) is 0.486. The number of nitrogens with zero attached hydrogens (tertiary/aromatic N) is 2. The first-order chi connectivity index (χ1) is 21.2. The Labute approximate surface area is 258 Å². The minimum absolute atomic E-state index is 0.0645. The number of alkyl halides is 3. The summed E-state index contributed by atoms with van der Waals surface area (Å²) in [6, 6.07) is 11.9. The summed E-state index contributed by atoms with van der Waals surface area (Å²) < 4.78 is 50.2. The summed E-state index contributed by atoms with van der Waals surface area (Å²) in [7, 11) is 0. The van der Waals surface area contributed by atoms with E-state index in [0.717, 1.165) is 36.8 Å². The van der Waals surface area contributed by atoms with Crippen LogP contribution in [0.25, 0.3) is 11.4 Å². The number of benzene rings is 2. The molecule has 1 atom stereocenters. The SMILES string of the molecule is CCCCCCCCCc1cnc(-c2ccc(C(=O)Oc3ccc(C(=O)O[C@@H](CCCCCC)C(F)(F)F)cc3)cc2)nc1. The van der Waals surface area contributed by atoms with E-state index in [2.05, 4.69) is 16.9 Å². The van der Waals surface area contributed by atoms with Crippen LogP contribution in [0.5, 0.6) is 5.75 Å². The number of carbonyl (C=O) groups is 2. The van der Waals surface area contributed by atoms with E-state index in [1.165, 1.54) is 62.8 Å². The van der Waals surface area contributed by atoms with Crippen molar-refractivity contribution >= 4 is 11.9 Å². The van der Waals surface area contributed by atoms with Gasteiger partial charge in [-0.3, -0.25) is 0 Å². The molecule has 1 aromatic heterocycles. The van der Waals surface area contributed by atoms with E-state index in [4.69, 9.17) is 9.47 Å². The number of carbonyl (C=O) groups excluding carboxylic acids is 2. The molecule has 3 aromatic rings. The van der Waals surface area contributed by atoms with E-state index in [1.54, 1.807) is 24.3 Å². The van der Waals surface area contributed by atoms with Crippen molar-refractivity contribution < 1.29 is 32.2 Å². The Bertz CT molecular complexity index is 1280. The molecule has 0 amide bonds. The van der Waals surface area contributed by atoms with E-state index in [1.807, 2.05) is 19.3 Å². The number of hydrogen-bond acceptors (Lipinski definition) is 6. The van der Waals surface area contributed by atoms with Crippen molar-refractivity contribution in [2.45, 2.75) is 110 Å². The van der Waals surface area contributed by atoms with E-state index in [0.29, 0.717) is 24.2 Å². The third-order valence-electron chi connectivity index (χ3n) is 7.39. The van der Waals surface area contributed by atoms with Gasteiger partial charge in [0.2, 0.25) is 0 Å². The van der Waals surface area contributed by atoms with E-state index < -0.39 is 24.2 Å². The molecular formula is C35H43F3N2O4. The highest BCUT2D eigenvalue weighted by Gasteiger charge is 2.42. The van der Waals surface area contributed by atoms with Crippen LogP contribution in [0, 0.1) is 0 Å². The smallest absolute Gasteiger partial charge is 0.425 e. The highest BCUT2D eigenvalue weighted by molar-refractivity contribution is 5.92. The van der Waals surface area contributed by atoms with Crippen LogP contribution in [0.1, 0.15) is 117 Å². The zero-order valence-electron chi connectivity index (χ0n) is 25.7. The molecule has 0 unspecified atom stereocenters. The van der Waals surface area contributed by atoms with Crippen LogP contribution in [0.15, 0.2) is 60.9 Å². The number of ether oxygens (including phenoxy) is 2. The van der Waals surface area contributed by atoms with Gasteiger partial charge in [-0.15, -0.1) is 0 Å². The van der Waals surface area contributed by atoms with Crippen LogP contribution < -0.4 is 4.74 Å². The Kier molecular flexibility index (Phi) is 14.3. The summed E-state index contributed by atoms with van der Waals surface area (Å²) in [5.74, 6) is -1.00. The molecule has 238 valence electrons. The van der Waals surface area contributed by atoms with Gasteiger partial charge >= 0.3 is 18.1 Å². The zero-order chi connectivity index (χ0) is 31.8. The lowest BCUT2D eigenvalue weighted by Crippen LogP contribution is -2.33. The van der Waals surface area contributed by atoms with E-state index in [9.17, 15) is 22.8 Å². The predicted molar refractivity (Wildman–Crippen MR) is 165 cm³/mol. The van der Waals surface area contributed by atoms with Gasteiger partial charge in [0.15, 0.2) is 11.9 Å². The summed E-state index contributed by atoms with van der Waals surface area (Å²) in [4.78, 5) is 34.0. The summed E-state index contributed by atoms with van der Waals surface area (Å²) in [6.07, 6.45) is 9.00. The molecule has 6 nitrogen and oxygen atoms in total. The highest BCUT2D eigenvalue weighted by atomic mass is 19.4. The number of aromatic nitrogens is 2. The van der Waals surface area contributed by atoms with Crippen LogP contribution in [-0.4, -0.2) is 34.2 Å². The van der Waals surface area contributed by atoms with Gasteiger partial charge in [0, 0.05) is 18.0 Å². The van der Waals surface area contributed by atoms with Crippen molar-refractivity contribution in [2.24, 2.45) is 0 Å². The summed E-state index contributed by atoms with van der Waals surface area (Å²) in [5, 5.41) is 0. The van der Waals surface area contributed by atoms with Gasteiger partial charge in [-0.25, -0.2) is 19.6 Å². The van der Waals surface area contributed by atoms with Crippen LogP contribution in [0.4, 0.5) is 13.2 Å². The molecule has 1 heterocycles. The Morgan fingerprint density at radius 2 is 1.23 bits per heavy atom. The number of hydrogen-bond donors (Lipinski definition) is 0. The normalized spacial score (nSPS) is 12.1. The van der Waals surface area contributed by atoms with Crippen molar-refractivity contribution in [1.29, 1.82) is 0 Å². The van der Waals surface area contributed by atoms with Gasteiger partial charge < -0.3 is 9.47 Å². The highest BCUT2D eigenvalue weighted by Crippen LogP contribution is 2.28. The van der Waals surface area contributed by atoms with Crippen LogP contribution in [-0.2, 0) is 11.2 Å². The van der Waals surface area contributed by atoms with Crippen LogP contribution in [0.3, 0.4) is 0 Å². The predicted octanol–water partition coefficient (Wildman–Crippen LogP) is 9.71. The molecule has 0 spiro atoms. The fourth-order valence-electron chi connectivity index (χ4n) is 4.74. The molecule has 0 saturated carbocycles. The van der Waals surface area contributed by atoms with Crippen molar-refractivity contribution in [1.82, 2.24) is 9.97 Å². The third kappa shape index (κ3) is 11.7. The number of rotatable bonds is 18. The lowest BCUT2D eigenvalue weighted by atomic mass is 10.1. The molecule has 0 aliphatic heterocycles. The Morgan fingerprint density at radius 3 is 1.82 bits per heavy atom. The van der Waals surface area contributed by atoms with Gasteiger partial charge in [-0.05, 0) is 67.6 Å². The van der Waals surface area contributed by atoms with Crippen molar-refractivity contribution in [2.75, 3.05) is 0 Å². The zero-order valence-corrected chi connectivity index (χ0v) is 25.7. The molecule has 2 aromatic carbocycles. The van der Waals surface area contributed by atoms with Gasteiger partial charge in [0.1, 0.15) is 5.75 Å². The maximum atomic E-state index is 13.4. The molecule has 0 N–H and O–H groups in total. The maximum absolute atomic E-state index is 13.4. The van der Waals surface area contributed by atoms with Gasteiger partial charge in [0.25, 0.3) is 0 Å². The number of aryl methyl sites for hydroxylation is 1. The average molecular weight is 613 g/mol. The molecule has 0 radical (unpaired) electrons. The first kappa shape index (κ1) is 34.7. The molecule has 44 heavy (non-hydrogen) atoms. The van der Waals surface area contributed by atoms with Crippen LogP contribution >= 0.6 is 0 Å². The first-order valence-corrected chi connectivity index (χ1v) is 15.7. The van der Waals surface area contributed by atoms with Gasteiger partial charge in [0.05, 0.1) is 11.1 Å². The minimum Gasteiger partial charge on any atom is -0.449 e. The molecule has 9 heteroatoms. The molecule has 0 fully saturated rings. The van der Waals surface area contributed by atoms with Crippen LogP contribution in [0.2, 0.25) is 0 Å². The minimum atomic E-state index is -4.64. The second kappa shape index (κ2) is 18.1. The summed E-state index contributed by atoms with van der Waals surface area (Å²) in [6.45, 7) is 4.18. The molecule has 0 aliphatic rings. The molecule has 0 saturated heterocycles. The second-order valence-corrected chi connectivity index (χ2v) is 11.1. The molecule has 0 bridgehead atoms. The number of unbranched alkanes of at least 4 members (excludes halogenated alkanes) is 9. The van der Waals surface area contributed by atoms with Gasteiger partial charge in [-0.1, -0.05) is 83.8 Å². The Hall–Kier alpha value is -3.75. The topological polar surface area (TPSA) is 78.4 Å². The Morgan fingerprint density at radius 1 is 0.705 bits per heavy atom. The molecular weight excluding hydrogens is 569 g/mol. The van der Waals surface area contributed by atoms with Crippen molar-refractivity contribution in [3.05, 3.63) is 77.6 Å². The van der Waals surface area contributed by atoms with Crippen molar-refractivity contribution in [3.63, 3.8) is 0 Å². The van der Waals surface area contributed by atoms with E-state index in [-0.39, 0.29) is 17.7 Å². The maximum Gasteiger partial charge on any atom is 0.425 e. The summed E-state index contributed by atoms with van der Waals surface area (Å²) in [5.41, 5.74) is 2.09. The standard InChI is InChI=1S/C35H43F3N2O4/c1-3-5-7-9-10-11-12-14-26-24-39-32(40-25-26)27-16-18-28(19-17-27)33(41)43-30-22-20-29(21-23-30)34(42)44-31(35(36,37)38)15-13-8-6-4-2/h16-25,31H,3-15H2,1-2H3/t31-/m0/s1. The fourth-order valence-corrected chi connectivity index (χ4v) is 4.74. The third-order valence-corrected chi connectivity index (χ3v) is 7.39. The monoisotopic (exact) mass is 612 g/mol. The second-order valence-electron chi connectivity index (χ2n) is 11.1. The van der Waals surface area contributed by atoms with E-state index >= 15 is 0 Å².